The fourth-order valence-corrected chi connectivity index (χ4v) is 3.37. The van der Waals surface area contributed by atoms with Crippen LogP contribution in [0.25, 0.3) is 0 Å². The average molecular weight is 175 g/mol. The summed E-state index contributed by atoms with van der Waals surface area (Å²) in [7, 11) is 0. The Hall–Kier alpha value is 0.620. The molecular weight excluding hydrogens is 164 g/mol. The molecule has 57 valence electrons. The summed E-state index contributed by atoms with van der Waals surface area (Å²) in [6.45, 7) is 1.17. The Kier molecular flexibility index (Phi) is 2.43. The van der Waals surface area contributed by atoms with Crippen molar-refractivity contribution in [3.63, 3.8) is 0 Å². The van der Waals surface area contributed by atoms with Crippen molar-refractivity contribution in [1.82, 2.24) is 10.0 Å². The van der Waals surface area contributed by atoms with Gasteiger partial charge in [0.05, 0.1) is 11.4 Å². The van der Waals surface area contributed by atoms with Crippen molar-refractivity contribution in [3.05, 3.63) is 0 Å². The van der Waals surface area contributed by atoms with E-state index < -0.39 is 0 Å². The predicted molar refractivity (Wildman–Crippen MR) is 47.2 cm³/mol. The summed E-state index contributed by atoms with van der Waals surface area (Å²) in [5, 5.41) is 4.09. The van der Waals surface area contributed by atoms with E-state index in [1.807, 2.05) is 11.8 Å². The van der Waals surface area contributed by atoms with Gasteiger partial charge in [-0.1, -0.05) is 11.9 Å². The largest absolute Gasteiger partial charge is 0.303 e. The second-order valence-electron chi connectivity index (χ2n) is 2.54. The molecule has 2 saturated heterocycles. The first kappa shape index (κ1) is 7.28. The van der Waals surface area contributed by atoms with Crippen LogP contribution in [0.4, 0.5) is 0 Å². The number of hydrogen-bond donors (Lipinski definition) is 1. The number of thioether (sulfide) groups is 1. The maximum Gasteiger partial charge on any atom is 0.0715 e. The van der Waals surface area contributed by atoms with E-state index in [2.05, 4.69) is 10.0 Å². The highest BCUT2D eigenvalue weighted by atomic mass is 32.2. The minimum atomic E-state index is 0.595. The van der Waals surface area contributed by atoms with Crippen LogP contribution in [0.1, 0.15) is 6.42 Å². The Bertz CT molecular complexity index is 94.3. The second-order valence-corrected chi connectivity index (χ2v) is 4.67. The van der Waals surface area contributed by atoms with E-state index in [9.17, 15) is 0 Å². The molecule has 2 aliphatic heterocycles. The average Bonchev–Trinajstić information content (AvgIpc) is 2.59. The Morgan fingerprint density at radius 2 is 2.40 bits per heavy atom. The molecule has 10 heavy (non-hydrogen) atoms. The van der Waals surface area contributed by atoms with E-state index in [0.717, 1.165) is 0 Å². The van der Waals surface area contributed by atoms with Crippen LogP contribution in [0.15, 0.2) is 0 Å². The molecule has 2 rings (SSSR count). The van der Waals surface area contributed by atoms with Crippen molar-refractivity contribution in [2.24, 2.45) is 0 Å². The summed E-state index contributed by atoms with van der Waals surface area (Å²) in [5.74, 6) is 2.49. The molecule has 2 aliphatic rings. The van der Waals surface area contributed by atoms with Crippen LogP contribution in [-0.4, -0.2) is 29.5 Å². The van der Waals surface area contributed by atoms with Crippen molar-refractivity contribution in [2.45, 2.75) is 17.8 Å². The minimum absolute atomic E-state index is 0.595. The molecule has 0 aromatic carbocycles. The quantitative estimate of drug-likeness (QED) is 0.593. The van der Waals surface area contributed by atoms with E-state index in [4.69, 9.17) is 0 Å². The lowest BCUT2D eigenvalue weighted by Crippen LogP contribution is -2.34. The van der Waals surface area contributed by atoms with Crippen LogP contribution in [0, 0.1) is 0 Å². The molecular formula is C6H11N2S2. The predicted octanol–water partition coefficient (Wildman–Crippen LogP) is 0.674. The fourth-order valence-electron chi connectivity index (χ4n) is 1.27. The van der Waals surface area contributed by atoms with E-state index in [0.29, 0.717) is 11.4 Å². The van der Waals surface area contributed by atoms with Crippen LogP contribution in [-0.2, 0) is 0 Å². The highest BCUT2D eigenvalue weighted by Crippen LogP contribution is 2.26. The first-order valence-electron chi connectivity index (χ1n) is 3.64. The summed E-state index contributed by atoms with van der Waals surface area (Å²) in [6.07, 6.45) is 1.27. The third-order valence-electron chi connectivity index (χ3n) is 1.81. The Morgan fingerprint density at radius 3 is 3.00 bits per heavy atom. The Labute approximate surface area is 70.0 Å². The molecule has 2 fully saturated rings. The second kappa shape index (κ2) is 3.34. The first-order valence-corrected chi connectivity index (χ1v) is 5.63. The van der Waals surface area contributed by atoms with E-state index in [1.54, 1.807) is 11.9 Å². The van der Waals surface area contributed by atoms with Crippen molar-refractivity contribution < 1.29 is 0 Å². The van der Waals surface area contributed by atoms with Gasteiger partial charge in [0.25, 0.3) is 0 Å². The maximum absolute atomic E-state index is 4.45. The third kappa shape index (κ3) is 1.44. The Balaban J connectivity index is 1.85. The lowest BCUT2D eigenvalue weighted by atomic mass is 10.2. The maximum atomic E-state index is 4.45. The number of rotatable bonds is 1. The van der Waals surface area contributed by atoms with Gasteiger partial charge in [-0.2, -0.15) is 4.72 Å². The van der Waals surface area contributed by atoms with Crippen LogP contribution in [0.3, 0.4) is 0 Å². The zero-order chi connectivity index (χ0) is 6.81. The van der Waals surface area contributed by atoms with Crippen LogP contribution < -0.4 is 10.0 Å². The molecule has 0 saturated carbocycles. The number of nitrogens with zero attached hydrogens (tertiary/aromatic N) is 1. The topological polar surface area (TPSA) is 26.1 Å². The number of hydrogen-bond acceptors (Lipinski definition) is 3. The van der Waals surface area contributed by atoms with Gasteiger partial charge >= 0.3 is 0 Å². The molecule has 0 aliphatic carbocycles. The van der Waals surface area contributed by atoms with E-state index in [-0.39, 0.29) is 0 Å². The monoisotopic (exact) mass is 175 g/mol. The summed E-state index contributed by atoms with van der Waals surface area (Å²) in [5.41, 5.74) is 0. The van der Waals surface area contributed by atoms with Gasteiger partial charge in [-0.15, -0.1) is 11.8 Å². The van der Waals surface area contributed by atoms with Gasteiger partial charge in [0.2, 0.25) is 0 Å². The molecule has 0 amide bonds. The molecule has 1 N–H and O–H groups in total. The number of nitrogens with one attached hydrogen (secondary N) is 1. The molecule has 0 bridgehead atoms. The SMILES string of the molecule is C1CSC(C2CCS[N]2)N1. The standard InChI is InChI=1S/C6H11N2S2/c1-3-10-8-5(1)6-7-2-4-9-6/h5-7H,1-4H2. The molecule has 0 aromatic rings. The van der Waals surface area contributed by atoms with E-state index >= 15 is 0 Å². The highest BCUT2D eigenvalue weighted by Gasteiger charge is 2.28. The zero-order valence-corrected chi connectivity index (χ0v) is 7.38. The van der Waals surface area contributed by atoms with Crippen molar-refractivity contribution in [3.8, 4) is 0 Å². The lowest BCUT2D eigenvalue weighted by Gasteiger charge is -2.14. The summed E-state index contributed by atoms with van der Waals surface area (Å²) in [4.78, 5) is 0. The van der Waals surface area contributed by atoms with Crippen LogP contribution in [0.5, 0.6) is 0 Å². The van der Waals surface area contributed by atoms with Crippen molar-refractivity contribution in [1.29, 1.82) is 0 Å². The smallest absolute Gasteiger partial charge is 0.0715 e. The Morgan fingerprint density at radius 1 is 1.40 bits per heavy atom. The molecule has 1 radical (unpaired) electrons. The van der Waals surface area contributed by atoms with Gasteiger partial charge in [0.1, 0.15) is 0 Å². The zero-order valence-electron chi connectivity index (χ0n) is 5.75. The van der Waals surface area contributed by atoms with Gasteiger partial charge in [-0.25, -0.2) is 0 Å². The molecule has 0 aromatic heterocycles. The summed E-state index contributed by atoms with van der Waals surface area (Å²) in [6, 6.07) is 0.595. The van der Waals surface area contributed by atoms with Crippen LogP contribution in [0.2, 0.25) is 0 Å². The molecule has 2 atom stereocenters. The van der Waals surface area contributed by atoms with Crippen LogP contribution >= 0.6 is 23.7 Å². The third-order valence-corrected chi connectivity index (χ3v) is 3.93. The van der Waals surface area contributed by atoms with Gasteiger partial charge < -0.3 is 5.32 Å². The summed E-state index contributed by atoms with van der Waals surface area (Å²) >= 11 is 3.76. The molecule has 2 unspecified atom stereocenters. The van der Waals surface area contributed by atoms with Gasteiger partial charge in [-0.3, -0.25) is 0 Å². The fraction of sp³-hybridized carbons (Fsp3) is 1.00. The molecule has 2 nitrogen and oxygen atoms in total. The molecule has 0 spiro atoms. The van der Waals surface area contributed by atoms with Gasteiger partial charge in [0.15, 0.2) is 0 Å². The first-order chi connectivity index (χ1) is 4.97. The molecule has 2 heterocycles. The highest BCUT2D eigenvalue weighted by molar-refractivity contribution is 8.00. The lowest BCUT2D eigenvalue weighted by molar-refractivity contribution is 0.548. The normalized spacial score (nSPS) is 40.8. The van der Waals surface area contributed by atoms with Crippen molar-refractivity contribution in [2.75, 3.05) is 18.1 Å². The minimum Gasteiger partial charge on any atom is -0.303 e. The van der Waals surface area contributed by atoms with Gasteiger partial charge in [0, 0.05) is 18.1 Å². The van der Waals surface area contributed by atoms with E-state index in [1.165, 1.54) is 24.5 Å². The summed E-state index contributed by atoms with van der Waals surface area (Å²) < 4.78 is 4.45. The van der Waals surface area contributed by atoms with Gasteiger partial charge in [-0.05, 0) is 6.42 Å². The van der Waals surface area contributed by atoms with Crippen molar-refractivity contribution >= 4 is 23.7 Å². The molecule has 4 heteroatoms.